The van der Waals surface area contributed by atoms with Crippen LogP contribution >= 0.6 is 0 Å². The van der Waals surface area contributed by atoms with Gasteiger partial charge in [0.05, 0.1) is 10.5 Å². The molecule has 2 fully saturated rings. The zero-order valence-corrected chi connectivity index (χ0v) is 17.1. The molecule has 1 aromatic carbocycles. The molecule has 0 N–H and O–H groups in total. The zero-order chi connectivity index (χ0) is 20.1. The maximum absolute atomic E-state index is 12.8. The number of carbonyl (C=O) groups is 2. The number of rotatable bonds is 5. The molecule has 1 aromatic rings. The Labute approximate surface area is 166 Å². The standard InChI is InChI=1S/C20H28N2O5S/c1-16-8-3-6-13-22(16)19(23)15-27-20(24)17-9-7-10-18(14-17)28(25,26)21-11-4-2-5-12-21/h7,9-10,14,16H,2-6,8,11-13,15H2,1H3/t16-/m0/s1. The van der Waals surface area contributed by atoms with Crippen LogP contribution in [0, 0.1) is 0 Å². The first kappa shape index (κ1) is 20.8. The minimum absolute atomic E-state index is 0.0832. The summed E-state index contributed by atoms with van der Waals surface area (Å²) in [5, 5.41) is 0. The number of hydrogen-bond donors (Lipinski definition) is 0. The summed E-state index contributed by atoms with van der Waals surface area (Å²) >= 11 is 0. The maximum atomic E-state index is 12.8. The van der Waals surface area contributed by atoms with Crippen molar-refractivity contribution < 1.29 is 22.7 Å². The number of likely N-dealkylation sites (tertiary alicyclic amines) is 1. The lowest BCUT2D eigenvalue weighted by Crippen LogP contribution is -2.44. The lowest BCUT2D eigenvalue weighted by Gasteiger charge is -2.33. The van der Waals surface area contributed by atoms with Crippen molar-refractivity contribution in [2.24, 2.45) is 0 Å². The number of esters is 1. The molecule has 154 valence electrons. The van der Waals surface area contributed by atoms with Crippen LogP contribution in [0.2, 0.25) is 0 Å². The van der Waals surface area contributed by atoms with E-state index in [4.69, 9.17) is 4.74 Å². The summed E-state index contributed by atoms with van der Waals surface area (Å²) in [6, 6.07) is 6.01. The molecule has 0 unspecified atom stereocenters. The fourth-order valence-corrected chi connectivity index (χ4v) is 5.36. The lowest BCUT2D eigenvalue weighted by atomic mass is 10.0. The molecule has 2 heterocycles. The second kappa shape index (κ2) is 9.05. The molecule has 0 bridgehead atoms. The normalized spacial score (nSPS) is 21.3. The van der Waals surface area contributed by atoms with Gasteiger partial charge in [-0.25, -0.2) is 13.2 Å². The van der Waals surface area contributed by atoms with Gasteiger partial charge in [-0.2, -0.15) is 4.31 Å². The monoisotopic (exact) mass is 408 g/mol. The highest BCUT2D eigenvalue weighted by Gasteiger charge is 2.27. The smallest absolute Gasteiger partial charge is 0.338 e. The van der Waals surface area contributed by atoms with Crippen molar-refractivity contribution in [2.75, 3.05) is 26.2 Å². The van der Waals surface area contributed by atoms with Gasteiger partial charge in [0.15, 0.2) is 6.61 Å². The van der Waals surface area contributed by atoms with Gasteiger partial charge in [-0.15, -0.1) is 0 Å². The van der Waals surface area contributed by atoms with Crippen LogP contribution in [0.1, 0.15) is 55.8 Å². The van der Waals surface area contributed by atoms with E-state index in [-0.39, 0.29) is 29.0 Å². The Morgan fingerprint density at radius 2 is 1.79 bits per heavy atom. The number of nitrogens with zero attached hydrogens (tertiary/aromatic N) is 2. The van der Waals surface area contributed by atoms with Crippen LogP contribution in [-0.4, -0.2) is 61.8 Å². The molecule has 7 nitrogen and oxygen atoms in total. The largest absolute Gasteiger partial charge is 0.452 e. The van der Waals surface area contributed by atoms with Crippen LogP contribution < -0.4 is 0 Å². The van der Waals surface area contributed by atoms with Gasteiger partial charge in [-0.3, -0.25) is 4.79 Å². The summed E-state index contributed by atoms with van der Waals surface area (Å²) in [7, 11) is -3.62. The number of piperidine rings is 2. The average Bonchev–Trinajstić information content (AvgIpc) is 2.73. The molecule has 0 aromatic heterocycles. The van der Waals surface area contributed by atoms with Crippen molar-refractivity contribution >= 4 is 21.9 Å². The minimum Gasteiger partial charge on any atom is -0.452 e. The van der Waals surface area contributed by atoms with Crippen LogP contribution in [0.15, 0.2) is 29.2 Å². The van der Waals surface area contributed by atoms with Crippen molar-refractivity contribution in [1.29, 1.82) is 0 Å². The summed E-state index contributed by atoms with van der Waals surface area (Å²) in [6.07, 6.45) is 5.73. The van der Waals surface area contributed by atoms with Crippen molar-refractivity contribution in [2.45, 2.75) is 56.4 Å². The number of amides is 1. The molecular formula is C20H28N2O5S. The fourth-order valence-electron chi connectivity index (χ4n) is 3.80. The van der Waals surface area contributed by atoms with Crippen molar-refractivity contribution in [3.05, 3.63) is 29.8 Å². The molecule has 1 atom stereocenters. The maximum Gasteiger partial charge on any atom is 0.338 e. The van der Waals surface area contributed by atoms with E-state index in [0.717, 1.165) is 38.5 Å². The second-order valence-corrected chi connectivity index (χ2v) is 9.44. The molecule has 8 heteroatoms. The second-order valence-electron chi connectivity index (χ2n) is 7.50. The third-order valence-corrected chi connectivity index (χ3v) is 7.37. The summed E-state index contributed by atoms with van der Waals surface area (Å²) in [6.45, 7) is 3.35. The van der Waals surface area contributed by atoms with E-state index in [1.165, 1.54) is 28.6 Å². The van der Waals surface area contributed by atoms with Gasteiger partial charge in [-0.1, -0.05) is 12.5 Å². The van der Waals surface area contributed by atoms with Gasteiger partial charge >= 0.3 is 5.97 Å². The van der Waals surface area contributed by atoms with Crippen molar-refractivity contribution in [3.63, 3.8) is 0 Å². The van der Waals surface area contributed by atoms with Gasteiger partial charge in [0.2, 0.25) is 10.0 Å². The van der Waals surface area contributed by atoms with Crippen LogP contribution in [0.25, 0.3) is 0 Å². The predicted molar refractivity (Wildman–Crippen MR) is 104 cm³/mol. The molecule has 28 heavy (non-hydrogen) atoms. The summed E-state index contributed by atoms with van der Waals surface area (Å²) in [5.41, 5.74) is 0.137. The Bertz CT molecular complexity index is 818. The summed E-state index contributed by atoms with van der Waals surface area (Å²) in [5.74, 6) is -0.897. The van der Waals surface area contributed by atoms with Crippen molar-refractivity contribution in [1.82, 2.24) is 9.21 Å². The Kier molecular flexibility index (Phi) is 6.72. The minimum atomic E-state index is -3.62. The molecule has 2 saturated heterocycles. The number of hydrogen-bond acceptors (Lipinski definition) is 5. The van der Waals surface area contributed by atoms with Crippen LogP contribution in [0.3, 0.4) is 0 Å². The lowest BCUT2D eigenvalue weighted by molar-refractivity contribution is -0.137. The van der Waals surface area contributed by atoms with Crippen LogP contribution in [-0.2, 0) is 19.6 Å². The van der Waals surface area contributed by atoms with E-state index in [1.54, 1.807) is 4.90 Å². The molecule has 0 spiro atoms. The number of carbonyl (C=O) groups excluding carboxylic acids is 2. The number of benzene rings is 1. The molecule has 3 rings (SSSR count). The van der Waals surface area contributed by atoms with Gasteiger partial charge in [-0.05, 0) is 57.2 Å². The molecule has 2 aliphatic heterocycles. The molecule has 2 aliphatic rings. The topological polar surface area (TPSA) is 84.0 Å². The first-order valence-corrected chi connectivity index (χ1v) is 11.4. The quantitative estimate of drug-likeness (QED) is 0.699. The predicted octanol–water partition coefficient (Wildman–Crippen LogP) is 2.42. The number of ether oxygens (including phenoxy) is 1. The van der Waals surface area contributed by atoms with E-state index >= 15 is 0 Å². The summed E-state index contributed by atoms with van der Waals surface area (Å²) < 4.78 is 32.2. The molecule has 0 aliphatic carbocycles. The van der Waals surface area contributed by atoms with E-state index < -0.39 is 16.0 Å². The highest BCUT2D eigenvalue weighted by Crippen LogP contribution is 2.22. The molecular weight excluding hydrogens is 380 g/mol. The Hall–Kier alpha value is -1.93. The Morgan fingerprint density at radius 1 is 1.07 bits per heavy atom. The Morgan fingerprint density at radius 3 is 2.50 bits per heavy atom. The van der Waals surface area contributed by atoms with Gasteiger partial charge in [0.25, 0.3) is 5.91 Å². The van der Waals surface area contributed by atoms with Gasteiger partial charge < -0.3 is 9.64 Å². The highest BCUT2D eigenvalue weighted by molar-refractivity contribution is 7.89. The third-order valence-electron chi connectivity index (χ3n) is 5.47. The average molecular weight is 409 g/mol. The molecule has 1 amide bonds. The van der Waals surface area contributed by atoms with E-state index in [0.29, 0.717) is 19.6 Å². The van der Waals surface area contributed by atoms with E-state index in [2.05, 4.69) is 0 Å². The van der Waals surface area contributed by atoms with Gasteiger partial charge in [0.1, 0.15) is 0 Å². The molecule has 0 saturated carbocycles. The first-order chi connectivity index (χ1) is 13.4. The van der Waals surface area contributed by atoms with E-state index in [9.17, 15) is 18.0 Å². The van der Waals surface area contributed by atoms with E-state index in [1.807, 2.05) is 6.92 Å². The Balaban J connectivity index is 1.64. The summed E-state index contributed by atoms with van der Waals surface area (Å²) in [4.78, 5) is 26.5. The zero-order valence-electron chi connectivity index (χ0n) is 16.3. The highest BCUT2D eigenvalue weighted by atomic mass is 32.2. The van der Waals surface area contributed by atoms with Crippen LogP contribution in [0.5, 0.6) is 0 Å². The molecule has 0 radical (unpaired) electrons. The van der Waals surface area contributed by atoms with Gasteiger partial charge in [0, 0.05) is 25.7 Å². The number of sulfonamides is 1. The van der Waals surface area contributed by atoms with Crippen LogP contribution in [0.4, 0.5) is 0 Å². The fraction of sp³-hybridized carbons (Fsp3) is 0.600. The van der Waals surface area contributed by atoms with Crippen molar-refractivity contribution in [3.8, 4) is 0 Å². The third kappa shape index (κ3) is 4.72. The first-order valence-electron chi connectivity index (χ1n) is 9.96. The SMILES string of the molecule is C[C@H]1CCCCN1C(=O)COC(=O)c1cccc(S(=O)(=O)N2CCCCC2)c1.